The average Bonchev–Trinajstić information content (AvgIpc) is 3.03. The summed E-state index contributed by atoms with van der Waals surface area (Å²) in [7, 11) is 0. The van der Waals surface area contributed by atoms with Crippen LogP contribution in [-0.2, 0) is 16.0 Å². The van der Waals surface area contributed by atoms with Gasteiger partial charge in [-0.15, -0.1) is 0 Å². The third-order valence-electron chi connectivity index (χ3n) is 4.63. The third-order valence-corrected chi connectivity index (χ3v) is 4.63. The minimum atomic E-state index is -0.705. The van der Waals surface area contributed by atoms with Crippen molar-refractivity contribution < 1.29 is 22.8 Å². The van der Waals surface area contributed by atoms with Crippen LogP contribution in [0.25, 0.3) is 11.3 Å². The molecule has 1 fully saturated rings. The molecule has 7 heteroatoms. The standard InChI is InChI=1S/C19H22F2N2O3/c1-12(2)22-18(24)19(5-7-25-8-6-19)11-14-10-17(23-26-14)15-4-3-13(20)9-16(15)21/h3-4,9-10,12H,5-8,11H2,1-2H3,(H,22,24). The van der Waals surface area contributed by atoms with E-state index >= 15 is 0 Å². The van der Waals surface area contributed by atoms with E-state index < -0.39 is 17.0 Å². The number of amides is 1. The van der Waals surface area contributed by atoms with Crippen LogP contribution in [0.4, 0.5) is 8.78 Å². The fraction of sp³-hybridized carbons (Fsp3) is 0.474. The normalized spacial score (nSPS) is 16.7. The first-order valence-electron chi connectivity index (χ1n) is 8.69. The summed E-state index contributed by atoms with van der Waals surface area (Å²) in [6, 6.07) is 4.93. The maximum Gasteiger partial charge on any atom is 0.227 e. The van der Waals surface area contributed by atoms with E-state index in [-0.39, 0.29) is 23.2 Å². The van der Waals surface area contributed by atoms with Gasteiger partial charge in [0.1, 0.15) is 23.1 Å². The molecular weight excluding hydrogens is 342 g/mol. The van der Waals surface area contributed by atoms with E-state index in [9.17, 15) is 13.6 Å². The van der Waals surface area contributed by atoms with Crippen molar-refractivity contribution in [2.45, 2.75) is 39.2 Å². The van der Waals surface area contributed by atoms with Gasteiger partial charge < -0.3 is 14.6 Å². The van der Waals surface area contributed by atoms with E-state index in [2.05, 4.69) is 10.5 Å². The van der Waals surface area contributed by atoms with Gasteiger partial charge in [0.2, 0.25) is 5.91 Å². The van der Waals surface area contributed by atoms with Crippen LogP contribution in [0.15, 0.2) is 28.8 Å². The summed E-state index contributed by atoms with van der Waals surface area (Å²) in [5.41, 5.74) is -0.196. The molecule has 1 aromatic carbocycles. The highest BCUT2D eigenvalue weighted by Crippen LogP contribution is 2.36. The van der Waals surface area contributed by atoms with Crippen molar-refractivity contribution in [1.82, 2.24) is 10.5 Å². The van der Waals surface area contributed by atoms with E-state index in [1.807, 2.05) is 13.8 Å². The molecule has 0 radical (unpaired) electrons. The molecule has 0 unspecified atom stereocenters. The summed E-state index contributed by atoms with van der Waals surface area (Å²) in [6.07, 6.45) is 1.50. The van der Waals surface area contributed by atoms with Crippen molar-refractivity contribution in [2.75, 3.05) is 13.2 Å². The maximum atomic E-state index is 13.9. The minimum Gasteiger partial charge on any atom is -0.381 e. The molecule has 0 aliphatic carbocycles. The van der Waals surface area contributed by atoms with Crippen LogP contribution in [0.5, 0.6) is 0 Å². The quantitative estimate of drug-likeness (QED) is 0.882. The van der Waals surface area contributed by atoms with Crippen molar-refractivity contribution >= 4 is 5.91 Å². The highest BCUT2D eigenvalue weighted by atomic mass is 19.1. The first-order chi connectivity index (χ1) is 12.4. The van der Waals surface area contributed by atoms with E-state index in [0.29, 0.717) is 38.2 Å². The van der Waals surface area contributed by atoms with Gasteiger partial charge in [0.05, 0.1) is 5.41 Å². The number of nitrogens with one attached hydrogen (secondary N) is 1. The fourth-order valence-electron chi connectivity index (χ4n) is 3.22. The molecule has 0 bridgehead atoms. The molecule has 140 valence electrons. The fourth-order valence-corrected chi connectivity index (χ4v) is 3.22. The van der Waals surface area contributed by atoms with Crippen LogP contribution in [0.1, 0.15) is 32.4 Å². The summed E-state index contributed by atoms with van der Waals surface area (Å²) in [5.74, 6) is -0.907. The Bertz CT molecular complexity index is 783. The number of rotatable bonds is 5. The molecule has 1 amide bonds. The van der Waals surface area contributed by atoms with Gasteiger partial charge in [0.15, 0.2) is 0 Å². The predicted molar refractivity (Wildman–Crippen MR) is 91.3 cm³/mol. The van der Waals surface area contributed by atoms with Crippen molar-refractivity contribution in [3.05, 3.63) is 41.7 Å². The molecule has 1 aliphatic heterocycles. The Balaban J connectivity index is 1.84. The lowest BCUT2D eigenvalue weighted by Crippen LogP contribution is -2.48. The van der Waals surface area contributed by atoms with Gasteiger partial charge in [-0.05, 0) is 38.8 Å². The lowest BCUT2D eigenvalue weighted by molar-refractivity contribution is -0.137. The monoisotopic (exact) mass is 364 g/mol. The molecule has 0 saturated carbocycles. The number of halogens is 2. The van der Waals surface area contributed by atoms with Gasteiger partial charge in [0.25, 0.3) is 0 Å². The lowest BCUT2D eigenvalue weighted by Gasteiger charge is -2.35. The number of hydrogen-bond acceptors (Lipinski definition) is 4. The van der Waals surface area contributed by atoms with E-state index in [4.69, 9.17) is 9.26 Å². The molecule has 0 spiro atoms. The van der Waals surface area contributed by atoms with Crippen LogP contribution < -0.4 is 5.32 Å². The van der Waals surface area contributed by atoms with Crippen LogP contribution in [-0.4, -0.2) is 30.3 Å². The first kappa shape index (κ1) is 18.5. The second-order valence-electron chi connectivity index (χ2n) is 7.00. The van der Waals surface area contributed by atoms with Crippen molar-refractivity contribution in [1.29, 1.82) is 0 Å². The van der Waals surface area contributed by atoms with Crippen LogP contribution >= 0.6 is 0 Å². The molecule has 1 aromatic heterocycles. The second-order valence-corrected chi connectivity index (χ2v) is 7.00. The van der Waals surface area contributed by atoms with E-state index in [1.54, 1.807) is 6.07 Å². The number of nitrogens with zero attached hydrogens (tertiary/aromatic N) is 1. The molecule has 0 atom stereocenters. The van der Waals surface area contributed by atoms with Gasteiger partial charge in [-0.2, -0.15) is 0 Å². The molecular formula is C19H22F2N2O3. The highest BCUT2D eigenvalue weighted by Gasteiger charge is 2.41. The maximum absolute atomic E-state index is 13.9. The number of ether oxygens (including phenoxy) is 1. The van der Waals surface area contributed by atoms with Gasteiger partial charge in [-0.25, -0.2) is 8.78 Å². The van der Waals surface area contributed by atoms with Crippen LogP contribution in [0.3, 0.4) is 0 Å². The predicted octanol–water partition coefficient (Wildman–Crippen LogP) is 3.48. The van der Waals surface area contributed by atoms with E-state index in [1.165, 1.54) is 12.1 Å². The van der Waals surface area contributed by atoms with Gasteiger partial charge >= 0.3 is 0 Å². The number of carbonyl (C=O) groups excluding carboxylic acids is 1. The second kappa shape index (κ2) is 7.53. The Morgan fingerprint density at radius 1 is 1.27 bits per heavy atom. The summed E-state index contributed by atoms with van der Waals surface area (Å²) < 4.78 is 37.8. The molecule has 1 saturated heterocycles. The Morgan fingerprint density at radius 3 is 2.65 bits per heavy atom. The molecule has 2 aromatic rings. The Labute approximate surface area is 150 Å². The summed E-state index contributed by atoms with van der Waals surface area (Å²) in [5, 5.41) is 6.86. The smallest absolute Gasteiger partial charge is 0.227 e. The molecule has 5 nitrogen and oxygen atoms in total. The minimum absolute atomic E-state index is 0.0285. The summed E-state index contributed by atoms with van der Waals surface area (Å²) in [4.78, 5) is 12.8. The topological polar surface area (TPSA) is 64.4 Å². The number of carbonyl (C=O) groups is 1. The van der Waals surface area contributed by atoms with Gasteiger partial charge in [-0.3, -0.25) is 4.79 Å². The van der Waals surface area contributed by atoms with Crippen molar-refractivity contribution in [2.24, 2.45) is 5.41 Å². The zero-order valence-corrected chi connectivity index (χ0v) is 14.9. The average molecular weight is 364 g/mol. The van der Waals surface area contributed by atoms with Gasteiger partial charge in [-0.1, -0.05) is 5.16 Å². The molecule has 2 heterocycles. The number of benzene rings is 1. The van der Waals surface area contributed by atoms with Crippen molar-refractivity contribution in [3.8, 4) is 11.3 Å². The Morgan fingerprint density at radius 2 is 2.00 bits per heavy atom. The van der Waals surface area contributed by atoms with Gasteiger partial charge in [0, 0.05) is 43.4 Å². The number of hydrogen-bond donors (Lipinski definition) is 1. The largest absolute Gasteiger partial charge is 0.381 e. The summed E-state index contributed by atoms with van der Waals surface area (Å²) in [6.45, 7) is 4.82. The molecule has 1 N–H and O–H groups in total. The zero-order valence-electron chi connectivity index (χ0n) is 14.9. The zero-order chi connectivity index (χ0) is 18.7. The highest BCUT2D eigenvalue weighted by molar-refractivity contribution is 5.83. The number of aromatic nitrogens is 1. The Hall–Kier alpha value is -2.28. The van der Waals surface area contributed by atoms with Crippen LogP contribution in [0.2, 0.25) is 0 Å². The molecule has 26 heavy (non-hydrogen) atoms. The third kappa shape index (κ3) is 3.93. The SMILES string of the molecule is CC(C)NC(=O)C1(Cc2cc(-c3ccc(F)cc3F)no2)CCOCC1. The lowest BCUT2D eigenvalue weighted by atomic mass is 9.75. The van der Waals surface area contributed by atoms with Crippen LogP contribution in [0, 0.1) is 17.0 Å². The summed E-state index contributed by atoms with van der Waals surface area (Å²) >= 11 is 0. The van der Waals surface area contributed by atoms with Crippen molar-refractivity contribution in [3.63, 3.8) is 0 Å². The molecule has 1 aliphatic rings. The Kier molecular flexibility index (Phi) is 5.36. The molecule has 3 rings (SSSR count). The first-order valence-corrected chi connectivity index (χ1v) is 8.69. The van der Waals surface area contributed by atoms with E-state index in [0.717, 1.165) is 6.07 Å².